The van der Waals surface area contributed by atoms with Gasteiger partial charge in [0.25, 0.3) is 0 Å². The van der Waals surface area contributed by atoms with Crippen LogP contribution in [0, 0.1) is 6.92 Å². The zero-order chi connectivity index (χ0) is 13.1. The van der Waals surface area contributed by atoms with Crippen LogP contribution in [0.1, 0.15) is 24.1 Å². The zero-order valence-corrected chi connectivity index (χ0v) is 12.7. The van der Waals surface area contributed by atoms with E-state index in [0.717, 1.165) is 20.7 Å². The summed E-state index contributed by atoms with van der Waals surface area (Å²) in [6, 6.07) is 14.5. The van der Waals surface area contributed by atoms with E-state index < -0.39 is 0 Å². The molecule has 1 N–H and O–H groups in total. The first-order valence-corrected chi connectivity index (χ1v) is 7.01. The molecular weight excluding hydrogens is 310 g/mol. The monoisotopic (exact) mass is 323 g/mol. The van der Waals surface area contributed by atoms with Crippen molar-refractivity contribution in [3.63, 3.8) is 0 Å². The lowest BCUT2D eigenvalue weighted by Crippen LogP contribution is -2.06. The molecule has 1 nitrogen and oxygen atoms in total. The molecule has 0 amide bonds. The van der Waals surface area contributed by atoms with E-state index in [2.05, 4.69) is 52.4 Å². The van der Waals surface area contributed by atoms with Gasteiger partial charge in [-0.1, -0.05) is 45.7 Å². The quantitative estimate of drug-likeness (QED) is 0.776. The molecule has 1 atom stereocenters. The Morgan fingerprint density at radius 3 is 2.61 bits per heavy atom. The number of benzene rings is 2. The molecule has 2 aromatic rings. The third-order valence-corrected chi connectivity index (χ3v) is 3.81. The van der Waals surface area contributed by atoms with Crippen molar-refractivity contribution in [3.05, 3.63) is 63.1 Å². The van der Waals surface area contributed by atoms with Crippen molar-refractivity contribution in [2.45, 2.75) is 19.9 Å². The normalized spacial score (nSPS) is 12.2. The summed E-state index contributed by atoms with van der Waals surface area (Å²) in [5.41, 5.74) is 3.44. The molecule has 2 rings (SSSR count). The molecule has 0 aliphatic rings. The summed E-state index contributed by atoms with van der Waals surface area (Å²) >= 11 is 9.51. The summed E-state index contributed by atoms with van der Waals surface area (Å²) in [6.07, 6.45) is 0. The van der Waals surface area contributed by atoms with Crippen LogP contribution in [0.5, 0.6) is 0 Å². The van der Waals surface area contributed by atoms with E-state index in [-0.39, 0.29) is 6.04 Å². The molecule has 0 heterocycles. The second-order valence-corrected chi connectivity index (χ2v) is 5.71. The van der Waals surface area contributed by atoms with Crippen LogP contribution >= 0.6 is 27.5 Å². The molecule has 0 bridgehead atoms. The highest BCUT2D eigenvalue weighted by molar-refractivity contribution is 9.10. The van der Waals surface area contributed by atoms with Crippen LogP contribution in [0.25, 0.3) is 0 Å². The van der Waals surface area contributed by atoms with E-state index in [9.17, 15) is 0 Å². The molecule has 0 saturated carbocycles. The summed E-state index contributed by atoms with van der Waals surface area (Å²) in [5.74, 6) is 0. The van der Waals surface area contributed by atoms with Gasteiger partial charge in [0.15, 0.2) is 0 Å². The summed E-state index contributed by atoms with van der Waals surface area (Å²) in [4.78, 5) is 0. The van der Waals surface area contributed by atoms with Crippen molar-refractivity contribution in [3.8, 4) is 0 Å². The lowest BCUT2D eigenvalue weighted by atomic mass is 10.1. The standard InChI is InChI=1S/C15H15BrClN/c1-10-8-12(6-7-15(10)17)11(2)18-14-5-3-4-13(16)9-14/h3-9,11,18H,1-2H3/t11-/m1/s1. The fourth-order valence-corrected chi connectivity index (χ4v) is 2.37. The number of anilines is 1. The predicted octanol–water partition coefficient (Wildman–Crippen LogP) is 5.58. The van der Waals surface area contributed by atoms with Gasteiger partial charge in [-0.05, 0) is 49.2 Å². The molecule has 0 saturated heterocycles. The maximum atomic E-state index is 6.04. The first kappa shape index (κ1) is 13.4. The SMILES string of the molecule is Cc1cc([C@@H](C)Nc2cccc(Br)c2)ccc1Cl. The molecule has 0 fully saturated rings. The smallest absolute Gasteiger partial charge is 0.0485 e. The highest BCUT2D eigenvalue weighted by atomic mass is 79.9. The molecule has 2 aromatic carbocycles. The Bertz CT molecular complexity index is 554. The number of halogens is 2. The summed E-state index contributed by atoms with van der Waals surface area (Å²) < 4.78 is 1.08. The third kappa shape index (κ3) is 3.27. The van der Waals surface area contributed by atoms with Crippen molar-refractivity contribution in [1.29, 1.82) is 0 Å². The molecule has 0 radical (unpaired) electrons. The van der Waals surface area contributed by atoms with Gasteiger partial charge < -0.3 is 5.32 Å². The molecule has 3 heteroatoms. The van der Waals surface area contributed by atoms with Gasteiger partial charge in [0.1, 0.15) is 0 Å². The topological polar surface area (TPSA) is 12.0 Å². The molecule has 94 valence electrons. The maximum Gasteiger partial charge on any atom is 0.0485 e. The van der Waals surface area contributed by atoms with E-state index in [1.54, 1.807) is 0 Å². The van der Waals surface area contributed by atoms with Crippen molar-refractivity contribution >= 4 is 33.2 Å². The van der Waals surface area contributed by atoms with Crippen LogP contribution < -0.4 is 5.32 Å². The van der Waals surface area contributed by atoms with E-state index in [4.69, 9.17) is 11.6 Å². The van der Waals surface area contributed by atoms with Gasteiger partial charge in [-0.3, -0.25) is 0 Å². The van der Waals surface area contributed by atoms with Gasteiger partial charge in [0.05, 0.1) is 0 Å². The van der Waals surface area contributed by atoms with Crippen molar-refractivity contribution in [2.75, 3.05) is 5.32 Å². The predicted molar refractivity (Wildman–Crippen MR) is 82.4 cm³/mol. The minimum Gasteiger partial charge on any atom is -0.378 e. The molecule has 0 aliphatic carbocycles. The minimum atomic E-state index is 0.246. The number of hydrogen-bond donors (Lipinski definition) is 1. The second kappa shape index (κ2) is 5.77. The molecule has 0 aliphatic heterocycles. The largest absolute Gasteiger partial charge is 0.378 e. The first-order chi connectivity index (χ1) is 8.56. The van der Waals surface area contributed by atoms with E-state index in [1.807, 2.05) is 25.1 Å². The first-order valence-electron chi connectivity index (χ1n) is 5.84. The van der Waals surface area contributed by atoms with Crippen LogP contribution in [-0.2, 0) is 0 Å². The second-order valence-electron chi connectivity index (χ2n) is 4.38. The van der Waals surface area contributed by atoms with Crippen LogP contribution in [0.2, 0.25) is 5.02 Å². The molecule has 0 aromatic heterocycles. The maximum absolute atomic E-state index is 6.04. The molecular formula is C15H15BrClN. The lowest BCUT2D eigenvalue weighted by Gasteiger charge is -2.16. The van der Waals surface area contributed by atoms with Crippen LogP contribution in [0.15, 0.2) is 46.9 Å². The summed E-state index contributed by atoms with van der Waals surface area (Å²) in [6.45, 7) is 4.17. The Hall–Kier alpha value is -0.990. The van der Waals surface area contributed by atoms with Gasteiger partial charge in [0.2, 0.25) is 0 Å². The van der Waals surface area contributed by atoms with Gasteiger partial charge in [0, 0.05) is 21.2 Å². The third-order valence-electron chi connectivity index (χ3n) is 2.89. The molecule has 0 spiro atoms. The number of hydrogen-bond acceptors (Lipinski definition) is 1. The van der Waals surface area contributed by atoms with Crippen LogP contribution in [0.4, 0.5) is 5.69 Å². The van der Waals surface area contributed by atoms with Gasteiger partial charge in [-0.15, -0.1) is 0 Å². The Balaban J connectivity index is 2.16. The van der Waals surface area contributed by atoms with Crippen LogP contribution in [-0.4, -0.2) is 0 Å². The zero-order valence-electron chi connectivity index (χ0n) is 10.4. The minimum absolute atomic E-state index is 0.246. The van der Waals surface area contributed by atoms with Crippen LogP contribution in [0.3, 0.4) is 0 Å². The fraction of sp³-hybridized carbons (Fsp3) is 0.200. The van der Waals surface area contributed by atoms with E-state index >= 15 is 0 Å². The van der Waals surface area contributed by atoms with Crippen molar-refractivity contribution in [1.82, 2.24) is 0 Å². The average molecular weight is 325 g/mol. The lowest BCUT2D eigenvalue weighted by molar-refractivity contribution is 0.883. The highest BCUT2D eigenvalue weighted by Gasteiger charge is 2.06. The van der Waals surface area contributed by atoms with Gasteiger partial charge >= 0.3 is 0 Å². The Kier molecular flexibility index (Phi) is 4.31. The summed E-state index contributed by atoms with van der Waals surface area (Å²) in [5, 5.41) is 4.29. The average Bonchev–Trinajstić information content (AvgIpc) is 2.32. The number of nitrogens with one attached hydrogen (secondary N) is 1. The van der Waals surface area contributed by atoms with E-state index in [1.165, 1.54) is 5.56 Å². The van der Waals surface area contributed by atoms with E-state index in [0.29, 0.717) is 0 Å². The van der Waals surface area contributed by atoms with Crippen molar-refractivity contribution < 1.29 is 0 Å². The number of aryl methyl sites for hydroxylation is 1. The Morgan fingerprint density at radius 2 is 1.94 bits per heavy atom. The fourth-order valence-electron chi connectivity index (χ4n) is 1.85. The van der Waals surface area contributed by atoms with Gasteiger partial charge in [-0.25, -0.2) is 0 Å². The van der Waals surface area contributed by atoms with Crippen molar-refractivity contribution in [2.24, 2.45) is 0 Å². The highest BCUT2D eigenvalue weighted by Crippen LogP contribution is 2.24. The summed E-state index contributed by atoms with van der Waals surface area (Å²) in [7, 11) is 0. The van der Waals surface area contributed by atoms with Gasteiger partial charge in [-0.2, -0.15) is 0 Å². The Morgan fingerprint density at radius 1 is 1.17 bits per heavy atom. The molecule has 0 unspecified atom stereocenters. The number of rotatable bonds is 3. The Labute approximate surface area is 121 Å². The molecule has 18 heavy (non-hydrogen) atoms.